The van der Waals surface area contributed by atoms with Gasteiger partial charge in [0, 0.05) is 70.5 Å². The van der Waals surface area contributed by atoms with E-state index in [4.69, 9.17) is 68.5 Å². The Hall–Kier alpha value is -2.15. The molecule has 25 heteroatoms. The summed E-state index contributed by atoms with van der Waals surface area (Å²) in [6.07, 6.45) is 15.5. The number of nitrogens with one attached hydrogen (secondary N) is 4. The van der Waals surface area contributed by atoms with E-state index in [9.17, 15) is 0 Å². The number of nitrogens with zero attached hydrogens (tertiary/aromatic N) is 7. The summed E-state index contributed by atoms with van der Waals surface area (Å²) in [7, 11) is -4.16. The molecule has 12 N–H and O–H groups in total. The molecule has 0 aliphatic rings. The van der Waals surface area contributed by atoms with E-state index in [-0.39, 0.29) is 28.1 Å². The number of anilines is 4. The average Bonchev–Trinajstić information content (AvgIpc) is 3.33. The van der Waals surface area contributed by atoms with E-state index in [1.165, 1.54) is 19.6 Å². The second kappa shape index (κ2) is 52.7. The second-order valence-corrected chi connectivity index (χ2v) is 26.2. The van der Waals surface area contributed by atoms with Crippen molar-refractivity contribution in [2.45, 2.75) is 138 Å². The van der Waals surface area contributed by atoms with E-state index in [0.717, 1.165) is 109 Å². The molecular formula is C46H90Cl2I2N15O4Si2-. The molecule has 0 bridgehead atoms. The third-order valence-electron chi connectivity index (χ3n) is 9.64. The van der Waals surface area contributed by atoms with Crippen LogP contribution in [0.3, 0.4) is 0 Å². The minimum atomic E-state index is -2.11. The summed E-state index contributed by atoms with van der Waals surface area (Å²) in [5.74, 6) is 11.1. The van der Waals surface area contributed by atoms with Crippen LogP contribution in [0.4, 0.5) is 23.8 Å². The van der Waals surface area contributed by atoms with Gasteiger partial charge in [0.15, 0.2) is 0 Å². The topological polar surface area (TPSA) is 270 Å². The fraction of sp³-hybridized carbons (Fsp3) is 0.739. The van der Waals surface area contributed by atoms with Crippen molar-refractivity contribution in [3.8, 4) is 36.1 Å². The van der Waals surface area contributed by atoms with Crippen molar-refractivity contribution in [2.24, 2.45) is 21.1 Å². The van der Waals surface area contributed by atoms with Crippen molar-refractivity contribution < 1.29 is 35.2 Å². The molecule has 71 heavy (non-hydrogen) atoms. The van der Waals surface area contributed by atoms with Crippen LogP contribution in [-0.4, -0.2) is 137 Å². The molecule has 0 atom stereocenters. The Labute approximate surface area is 461 Å². The standard InChI is InChI=1S/C23H50N8O2Si.C11H20Cl2N4O2Si.C6H15N.C6H3N.H2I2N/c1-4-32-34(3,33-5-2)20-14-19-28-23-30-21(26-17-12-8-6-10-15-24)29-22(31-23)27-18-13-9-7-11-16-25;1-4-18-20(3,19-5-2)8-6-7-14-11-16-9(12)15-10(13)17-11;1-4-7(5-2)6-3;1-2-3-4-5-6-7;1-2-3/h4-20,24-25H2,1-3H3,(H3,26,27,28,29,30,31);4-8H2,1-3H3,(H,14,15,16,17);4-6H2,1-3H3;1H,7H2;3H2/q;;;;-1. The third kappa shape index (κ3) is 46.1. The van der Waals surface area contributed by atoms with Crippen molar-refractivity contribution in [1.29, 1.82) is 0 Å². The normalized spacial score (nSPS) is 10.5. The molecule has 0 radical (unpaired) electrons. The number of rotatable bonds is 35. The quantitative estimate of drug-likeness (QED) is 0.0113. The first kappa shape index (κ1) is 73.1. The minimum absolute atomic E-state index is 0.0600. The van der Waals surface area contributed by atoms with Crippen LogP contribution in [0.2, 0.25) is 35.7 Å². The van der Waals surface area contributed by atoms with Crippen LogP contribution in [0.25, 0.3) is 0 Å². The van der Waals surface area contributed by atoms with E-state index in [1.54, 1.807) is 0 Å². The van der Waals surface area contributed by atoms with Crippen LogP contribution < -0.4 is 59.9 Å². The molecule has 19 nitrogen and oxygen atoms in total. The number of halogens is 4. The van der Waals surface area contributed by atoms with Crippen LogP contribution in [0.1, 0.15) is 113 Å². The Bertz CT molecular complexity index is 1660. The van der Waals surface area contributed by atoms with Gasteiger partial charge in [0.1, 0.15) is 0 Å². The van der Waals surface area contributed by atoms with Crippen LogP contribution >= 0.6 is 41.8 Å². The van der Waals surface area contributed by atoms with E-state index in [2.05, 4.69) is 138 Å². The van der Waals surface area contributed by atoms with Crippen molar-refractivity contribution in [3.63, 3.8) is 0 Å². The molecule has 0 aliphatic heterocycles. The fourth-order valence-electron chi connectivity index (χ4n) is 6.25. The molecule has 0 saturated carbocycles. The van der Waals surface area contributed by atoms with Gasteiger partial charge in [0.05, 0.1) is 0 Å². The fourth-order valence-corrected chi connectivity index (χ4v) is 11.4. The first-order valence-electron chi connectivity index (χ1n) is 24.8. The number of aromatic nitrogens is 6. The SMILES string of the molecule is C#CC#CC#CN.CCN(CC)CC.CCO[Si](C)(CCCNc1nc(Cl)nc(Cl)n1)OCC.CCO[Si](C)(CCCNc1nc(NCCCCCCN)nc(NCCCCCCN)n1)OCC.N[I-]I. The Morgan fingerprint density at radius 3 is 1.15 bits per heavy atom. The van der Waals surface area contributed by atoms with Crippen LogP contribution in [0.5, 0.6) is 0 Å². The van der Waals surface area contributed by atoms with E-state index in [0.29, 0.717) is 56.8 Å². The van der Waals surface area contributed by atoms with Gasteiger partial charge in [-0.2, -0.15) is 29.9 Å². The predicted molar refractivity (Wildman–Crippen MR) is 308 cm³/mol. The zero-order valence-corrected chi connectivity index (χ0v) is 52.2. The number of nitrogens with two attached hydrogens (primary N) is 4. The van der Waals surface area contributed by atoms with Gasteiger partial charge >= 0.3 is 57.2 Å². The van der Waals surface area contributed by atoms with E-state index >= 15 is 0 Å². The Morgan fingerprint density at radius 2 is 0.873 bits per heavy atom. The molecule has 0 fully saturated rings. The molecule has 0 amide bonds. The van der Waals surface area contributed by atoms with Gasteiger partial charge in [-0.15, -0.1) is 6.42 Å². The van der Waals surface area contributed by atoms with Crippen LogP contribution in [0.15, 0.2) is 0 Å². The van der Waals surface area contributed by atoms with Crippen molar-refractivity contribution >= 4 is 82.7 Å². The number of unbranched alkanes of at least 4 members (excludes halogenated alkanes) is 6. The maximum absolute atomic E-state index is 5.93. The third-order valence-corrected chi connectivity index (χ3v) is 16.1. The summed E-state index contributed by atoms with van der Waals surface area (Å²) in [6, 6.07) is 3.91. The molecule has 2 aromatic heterocycles. The summed E-state index contributed by atoms with van der Waals surface area (Å²) in [5, 5.41) is 13.3. The molecule has 0 unspecified atom stereocenters. The summed E-state index contributed by atoms with van der Waals surface area (Å²) in [5.41, 5.74) is 15.9. The maximum atomic E-state index is 5.93. The van der Waals surface area contributed by atoms with Gasteiger partial charge in [-0.25, -0.2) is 0 Å². The van der Waals surface area contributed by atoms with Crippen molar-refractivity contribution in [2.75, 3.05) is 107 Å². The first-order chi connectivity index (χ1) is 34.2. The van der Waals surface area contributed by atoms with E-state index < -0.39 is 17.1 Å². The zero-order valence-electron chi connectivity index (χ0n) is 44.3. The summed E-state index contributed by atoms with van der Waals surface area (Å²) in [4.78, 5) is 27.6. The Balaban J connectivity index is -0.00000104. The van der Waals surface area contributed by atoms with Crippen molar-refractivity contribution in [3.05, 3.63) is 10.6 Å². The van der Waals surface area contributed by atoms with Gasteiger partial charge in [0.25, 0.3) is 0 Å². The molecule has 2 aromatic rings. The van der Waals surface area contributed by atoms with Crippen LogP contribution in [-0.2, 0) is 17.7 Å². The number of hydrogen-bond acceptors (Lipinski definition) is 19. The second-order valence-electron chi connectivity index (χ2n) is 15.2. The summed E-state index contributed by atoms with van der Waals surface area (Å²) >= 11 is 13.6. The summed E-state index contributed by atoms with van der Waals surface area (Å²) < 4.78 is 28.3. The van der Waals surface area contributed by atoms with E-state index in [1.807, 2.05) is 27.7 Å². The Kier molecular flexibility index (Phi) is 54.3. The number of hydrogen-bond donors (Lipinski definition) is 8. The molecule has 410 valence electrons. The first-order valence-corrected chi connectivity index (χ1v) is 38.1. The van der Waals surface area contributed by atoms with Gasteiger partial charge in [-0.1, -0.05) is 46.5 Å². The number of terminal acetylenes is 1. The van der Waals surface area contributed by atoms with Gasteiger partial charge in [-0.05, 0) is 159 Å². The molecule has 2 heterocycles. The molecule has 0 aliphatic carbocycles. The molecule has 0 aromatic carbocycles. The monoisotopic (exact) mass is 1300 g/mol. The molecule has 0 saturated heterocycles. The molecule has 0 spiro atoms. The Morgan fingerprint density at radius 1 is 0.549 bits per heavy atom. The van der Waals surface area contributed by atoms with Crippen molar-refractivity contribution in [1.82, 2.24) is 34.8 Å². The molecule has 2 rings (SSSR count). The summed E-state index contributed by atoms with van der Waals surface area (Å²) in [6.45, 7) is 29.7. The predicted octanol–water partition coefficient (Wildman–Crippen LogP) is 5.00. The van der Waals surface area contributed by atoms with Gasteiger partial charge in [-0.3, -0.25) is 0 Å². The molecular weight excluding hydrogens is 1210 g/mol. The van der Waals surface area contributed by atoms with Crippen LogP contribution in [0, 0.1) is 36.1 Å². The van der Waals surface area contributed by atoms with Gasteiger partial charge in [0.2, 0.25) is 34.4 Å². The zero-order chi connectivity index (χ0) is 53.9. The van der Waals surface area contributed by atoms with Gasteiger partial charge < -0.3 is 61.1 Å². The average molecular weight is 1300 g/mol.